The molecule has 5 rings (SSSR count). The highest BCUT2D eigenvalue weighted by Crippen LogP contribution is 2.24. The number of benzene rings is 4. The van der Waals surface area contributed by atoms with Crippen molar-refractivity contribution in [3.8, 4) is 22.7 Å². The highest BCUT2D eigenvalue weighted by molar-refractivity contribution is 5.90. The molecular weight excluding hydrogens is 448 g/mol. The smallest absolute Gasteiger partial charge is 0.280 e. The van der Waals surface area contributed by atoms with Gasteiger partial charge in [-0.25, -0.2) is 10.1 Å². The van der Waals surface area contributed by atoms with Crippen molar-refractivity contribution in [1.82, 2.24) is 15.2 Å². The van der Waals surface area contributed by atoms with E-state index < -0.39 is 6.10 Å². The lowest BCUT2D eigenvalue weighted by molar-refractivity contribution is -0.127. The summed E-state index contributed by atoms with van der Waals surface area (Å²) < 4.78 is 7.66. The topological polar surface area (TPSA) is 68.5 Å². The van der Waals surface area contributed by atoms with Crippen molar-refractivity contribution in [2.75, 3.05) is 0 Å². The number of carbonyl (C=O) groups is 1. The standard InChI is InChI=1S/C30H26N4O2/c1-21-12-14-24(15-13-21)29-26(20-34(33-29)27-10-4-3-5-11-27)19-31-32-30(35)22(2)36-28-17-16-23-8-6-7-9-25(23)18-28/h3-20,22H,1-2H3,(H,32,35). The van der Waals surface area contributed by atoms with Crippen LogP contribution in [0.5, 0.6) is 5.75 Å². The van der Waals surface area contributed by atoms with Crippen molar-refractivity contribution in [2.45, 2.75) is 20.0 Å². The van der Waals surface area contributed by atoms with Crippen LogP contribution < -0.4 is 10.2 Å². The van der Waals surface area contributed by atoms with Crippen LogP contribution in [-0.2, 0) is 4.79 Å². The third kappa shape index (κ3) is 5.18. The molecule has 5 aromatic rings. The second kappa shape index (κ2) is 10.3. The minimum atomic E-state index is -0.716. The maximum atomic E-state index is 12.6. The zero-order valence-corrected chi connectivity index (χ0v) is 20.1. The number of hydrogen-bond acceptors (Lipinski definition) is 4. The number of nitrogens with one attached hydrogen (secondary N) is 1. The molecule has 0 radical (unpaired) electrons. The Kier molecular flexibility index (Phi) is 6.58. The van der Waals surface area contributed by atoms with E-state index in [0.717, 1.165) is 33.3 Å². The normalized spacial score (nSPS) is 12.1. The van der Waals surface area contributed by atoms with Gasteiger partial charge in [0.05, 0.1) is 11.9 Å². The summed E-state index contributed by atoms with van der Waals surface area (Å²) in [5.41, 5.74) is 7.23. The van der Waals surface area contributed by atoms with E-state index in [0.29, 0.717) is 5.75 Å². The van der Waals surface area contributed by atoms with Crippen LogP contribution in [0.1, 0.15) is 18.1 Å². The number of hydrazone groups is 1. The lowest BCUT2D eigenvalue weighted by Crippen LogP contribution is -2.33. The summed E-state index contributed by atoms with van der Waals surface area (Å²) in [6.07, 6.45) is 2.80. The van der Waals surface area contributed by atoms with Gasteiger partial charge < -0.3 is 4.74 Å². The molecular formula is C30H26N4O2. The van der Waals surface area contributed by atoms with E-state index in [4.69, 9.17) is 9.84 Å². The van der Waals surface area contributed by atoms with Crippen LogP contribution in [0.2, 0.25) is 0 Å². The minimum Gasteiger partial charge on any atom is -0.481 e. The second-order valence-corrected chi connectivity index (χ2v) is 8.58. The van der Waals surface area contributed by atoms with Crippen molar-refractivity contribution >= 4 is 22.9 Å². The summed E-state index contributed by atoms with van der Waals surface area (Å²) in [6, 6.07) is 31.8. The Bertz CT molecular complexity index is 1520. The van der Waals surface area contributed by atoms with Crippen molar-refractivity contribution in [3.05, 3.63) is 114 Å². The van der Waals surface area contributed by atoms with Gasteiger partial charge in [0.1, 0.15) is 11.4 Å². The van der Waals surface area contributed by atoms with Crippen LogP contribution in [-0.4, -0.2) is 28.0 Å². The Balaban J connectivity index is 1.32. The van der Waals surface area contributed by atoms with Gasteiger partial charge >= 0.3 is 0 Å². The number of rotatable bonds is 7. The molecule has 1 heterocycles. The van der Waals surface area contributed by atoms with E-state index in [1.165, 1.54) is 5.56 Å². The average molecular weight is 475 g/mol. The zero-order chi connectivity index (χ0) is 24.9. The molecule has 0 aliphatic carbocycles. The van der Waals surface area contributed by atoms with Crippen LogP contribution in [0, 0.1) is 6.92 Å². The summed E-state index contributed by atoms with van der Waals surface area (Å²) in [5.74, 6) is 0.290. The van der Waals surface area contributed by atoms with Crippen molar-refractivity contribution in [1.29, 1.82) is 0 Å². The molecule has 1 aromatic heterocycles. The number of amides is 1. The zero-order valence-electron chi connectivity index (χ0n) is 20.1. The predicted octanol–water partition coefficient (Wildman–Crippen LogP) is 5.92. The fraction of sp³-hybridized carbons (Fsp3) is 0.100. The van der Waals surface area contributed by atoms with Crippen LogP contribution in [0.4, 0.5) is 0 Å². The van der Waals surface area contributed by atoms with E-state index in [1.54, 1.807) is 13.1 Å². The van der Waals surface area contributed by atoms with Gasteiger partial charge in [0.15, 0.2) is 6.10 Å². The van der Waals surface area contributed by atoms with Gasteiger partial charge in [-0.3, -0.25) is 4.79 Å². The molecule has 0 saturated heterocycles. The van der Waals surface area contributed by atoms with Gasteiger partial charge in [-0.2, -0.15) is 10.2 Å². The predicted molar refractivity (Wildman–Crippen MR) is 144 cm³/mol. The average Bonchev–Trinajstić information content (AvgIpc) is 3.33. The third-order valence-corrected chi connectivity index (χ3v) is 5.87. The summed E-state index contributed by atoms with van der Waals surface area (Å²) in [7, 11) is 0. The maximum Gasteiger partial charge on any atom is 0.280 e. The van der Waals surface area contributed by atoms with E-state index in [-0.39, 0.29) is 5.91 Å². The second-order valence-electron chi connectivity index (χ2n) is 8.58. The number of carbonyl (C=O) groups excluding carboxylic acids is 1. The number of nitrogens with zero attached hydrogens (tertiary/aromatic N) is 3. The van der Waals surface area contributed by atoms with Crippen LogP contribution in [0.15, 0.2) is 108 Å². The minimum absolute atomic E-state index is 0.341. The van der Waals surface area contributed by atoms with Gasteiger partial charge in [-0.1, -0.05) is 78.4 Å². The van der Waals surface area contributed by atoms with Gasteiger partial charge in [-0.05, 0) is 48.9 Å². The van der Waals surface area contributed by atoms with Crippen molar-refractivity contribution in [3.63, 3.8) is 0 Å². The molecule has 0 bridgehead atoms. The number of fused-ring (bicyclic) bond motifs is 1. The lowest BCUT2D eigenvalue weighted by atomic mass is 10.1. The molecule has 1 N–H and O–H groups in total. The van der Waals surface area contributed by atoms with E-state index in [1.807, 2.05) is 115 Å². The first kappa shape index (κ1) is 23.1. The molecule has 0 aliphatic heterocycles. The third-order valence-electron chi connectivity index (χ3n) is 5.87. The molecule has 178 valence electrons. The van der Waals surface area contributed by atoms with Crippen molar-refractivity contribution < 1.29 is 9.53 Å². The highest BCUT2D eigenvalue weighted by atomic mass is 16.5. The molecule has 1 unspecified atom stereocenters. The van der Waals surface area contributed by atoms with E-state index in [9.17, 15) is 4.79 Å². The SMILES string of the molecule is Cc1ccc(-c2nn(-c3ccccc3)cc2C=NNC(=O)C(C)Oc2ccc3ccccc3c2)cc1. The van der Waals surface area contributed by atoms with Crippen LogP contribution >= 0.6 is 0 Å². The molecule has 0 aliphatic rings. The first-order valence-electron chi connectivity index (χ1n) is 11.8. The van der Waals surface area contributed by atoms with E-state index in [2.05, 4.69) is 10.5 Å². The molecule has 0 spiro atoms. The molecule has 0 fully saturated rings. The van der Waals surface area contributed by atoms with Gasteiger partial charge in [0.25, 0.3) is 5.91 Å². The first-order valence-corrected chi connectivity index (χ1v) is 11.8. The van der Waals surface area contributed by atoms with Crippen LogP contribution in [0.25, 0.3) is 27.7 Å². The first-order chi connectivity index (χ1) is 17.6. The number of ether oxygens (including phenoxy) is 1. The number of hydrogen-bond donors (Lipinski definition) is 1. The molecule has 6 heteroatoms. The van der Waals surface area contributed by atoms with E-state index >= 15 is 0 Å². The molecule has 0 saturated carbocycles. The largest absolute Gasteiger partial charge is 0.481 e. The Morgan fingerprint density at radius 2 is 1.67 bits per heavy atom. The quantitative estimate of drug-likeness (QED) is 0.235. The lowest BCUT2D eigenvalue weighted by Gasteiger charge is -2.13. The molecule has 4 aromatic carbocycles. The Labute approximate surface area is 209 Å². The van der Waals surface area contributed by atoms with Crippen molar-refractivity contribution in [2.24, 2.45) is 5.10 Å². The highest BCUT2D eigenvalue weighted by Gasteiger charge is 2.15. The Morgan fingerprint density at radius 1 is 0.944 bits per heavy atom. The summed E-state index contributed by atoms with van der Waals surface area (Å²) in [6.45, 7) is 3.75. The maximum absolute atomic E-state index is 12.6. The van der Waals surface area contributed by atoms with Crippen LogP contribution in [0.3, 0.4) is 0 Å². The van der Waals surface area contributed by atoms with Gasteiger partial charge in [0, 0.05) is 17.3 Å². The summed E-state index contributed by atoms with van der Waals surface area (Å²) >= 11 is 0. The Morgan fingerprint density at radius 3 is 2.44 bits per heavy atom. The molecule has 6 nitrogen and oxygen atoms in total. The fourth-order valence-corrected chi connectivity index (χ4v) is 3.89. The molecule has 1 atom stereocenters. The summed E-state index contributed by atoms with van der Waals surface area (Å²) in [4.78, 5) is 12.6. The summed E-state index contributed by atoms with van der Waals surface area (Å²) in [5, 5.41) is 11.2. The number of para-hydroxylation sites is 1. The monoisotopic (exact) mass is 474 g/mol. The van der Waals surface area contributed by atoms with Gasteiger partial charge in [0.2, 0.25) is 0 Å². The molecule has 1 amide bonds. The fourth-order valence-electron chi connectivity index (χ4n) is 3.89. The number of aromatic nitrogens is 2. The number of aryl methyl sites for hydroxylation is 1. The Hall–Kier alpha value is -4.71. The van der Waals surface area contributed by atoms with Gasteiger partial charge in [-0.15, -0.1) is 0 Å². The molecule has 36 heavy (non-hydrogen) atoms.